The number of hydrogen-bond acceptors (Lipinski definition) is 0. The highest BCUT2D eigenvalue weighted by Crippen LogP contribution is 2.62. The molecule has 0 atom stereocenters. The van der Waals surface area contributed by atoms with E-state index in [1.807, 2.05) is 0 Å². The minimum Gasteiger partial charge on any atom is -0.0616 e. The van der Waals surface area contributed by atoms with Crippen molar-refractivity contribution < 1.29 is 0 Å². The summed E-state index contributed by atoms with van der Waals surface area (Å²) >= 11 is 0. The van der Waals surface area contributed by atoms with Crippen LogP contribution in [0.1, 0.15) is 255 Å². The quantitative estimate of drug-likeness (QED) is 0.0960. The Labute approximate surface area is 833 Å². The summed E-state index contributed by atoms with van der Waals surface area (Å²) in [5.74, 6) is 0. The lowest BCUT2D eigenvalue weighted by molar-refractivity contribution is 0.590. The molecule has 1 aliphatic carbocycles. The second kappa shape index (κ2) is 35.9. The van der Waals surface area contributed by atoms with Gasteiger partial charge in [0, 0.05) is 0 Å². The summed E-state index contributed by atoms with van der Waals surface area (Å²) in [6.45, 7) is 64.9. The number of hydrogen-bond donors (Lipinski definition) is 0. The number of aryl methyl sites for hydroxylation is 4. The molecule has 17 aromatic carbocycles. The number of fused-ring (bicyclic) bond motifs is 3. The fourth-order valence-corrected chi connectivity index (χ4v) is 21.4. The maximum Gasteiger partial charge on any atom is 0.0714 e. The molecule has 0 saturated heterocycles. The maximum absolute atomic E-state index is 2.64. The van der Waals surface area contributed by atoms with E-state index in [4.69, 9.17) is 0 Å². The fourth-order valence-electron chi connectivity index (χ4n) is 21.4. The molecule has 0 heteroatoms. The van der Waals surface area contributed by atoms with Gasteiger partial charge in [-0.1, -0.05) is 414 Å². The smallest absolute Gasteiger partial charge is 0.0616 e. The first-order valence-corrected chi connectivity index (χ1v) is 50.6. The predicted molar refractivity (Wildman–Crippen MR) is 603 cm³/mol. The van der Waals surface area contributed by atoms with Gasteiger partial charge in [0.2, 0.25) is 0 Å². The summed E-state index contributed by atoms with van der Waals surface area (Å²) in [5, 5.41) is 0. The molecule has 0 aliphatic heterocycles. The van der Waals surface area contributed by atoms with E-state index in [0.717, 1.165) is 100 Å². The Morgan fingerprint density at radius 1 is 0.144 bits per heavy atom. The Kier molecular flexibility index (Phi) is 24.8. The molecule has 18 rings (SSSR count). The van der Waals surface area contributed by atoms with E-state index in [0.29, 0.717) is 0 Å². The van der Waals surface area contributed by atoms with Crippen molar-refractivity contribution in [2.24, 2.45) is 0 Å². The second-order valence-electron chi connectivity index (χ2n) is 48.7. The number of rotatable bonds is 15. The van der Waals surface area contributed by atoms with Gasteiger partial charge in [-0.25, -0.2) is 0 Å². The largest absolute Gasteiger partial charge is 0.0714 e. The topological polar surface area (TPSA) is 0 Å². The summed E-state index contributed by atoms with van der Waals surface area (Å²) in [6.07, 6.45) is 0. The molecule has 0 nitrogen and oxygen atoms in total. The van der Waals surface area contributed by atoms with Crippen molar-refractivity contribution in [2.45, 2.75) is 243 Å². The maximum atomic E-state index is 2.64. The molecule has 0 saturated carbocycles. The Morgan fingerprint density at radius 3 is 0.496 bits per heavy atom. The van der Waals surface area contributed by atoms with Crippen LogP contribution >= 0.6 is 0 Å². The van der Waals surface area contributed by atoms with Crippen molar-refractivity contribution in [3.63, 3.8) is 0 Å². The van der Waals surface area contributed by atoms with Crippen LogP contribution in [0.25, 0.3) is 156 Å². The molecule has 0 unspecified atom stereocenters. The van der Waals surface area contributed by atoms with Crippen LogP contribution in [0.15, 0.2) is 352 Å². The van der Waals surface area contributed by atoms with Gasteiger partial charge in [-0.05, 0) is 419 Å². The zero-order chi connectivity index (χ0) is 98.9. The van der Waals surface area contributed by atoms with E-state index < -0.39 is 5.41 Å². The van der Waals surface area contributed by atoms with E-state index in [1.165, 1.54) is 145 Å². The summed E-state index contributed by atoms with van der Waals surface area (Å²) in [4.78, 5) is 0. The highest BCUT2D eigenvalue weighted by molar-refractivity contribution is 6.00. The SMILES string of the molecule is Cc1cc(C)c(-c2cccc3c2-c2c(C)cccc2C3(c2cc(-c3cc(-c4ccc(C(C)(C)C)cc4)cc(-c4ccc(C(C)(C)C)cc4)c3)cc(-c3cc(-c4ccc(C(C)(C)C)cc4)cc(-c4ccc(C(C)(C)C)cc4)c3)c2)c2cc(-c3cc(-c4ccc(C(C)(C)C)cc4)cc(-c4ccc(C(C)(C)C)cc4)c3)cc(-c3cc(-c4ccc(C(C)(C)C)cc4)cc(-c4ccc(C(C)(C)C)cc4)c3)c2)c(C)c1. The van der Waals surface area contributed by atoms with E-state index >= 15 is 0 Å². The monoisotopic (exact) mass is 1810 g/mol. The third kappa shape index (κ3) is 19.5. The first-order valence-electron chi connectivity index (χ1n) is 50.6. The zero-order valence-corrected chi connectivity index (χ0v) is 88.0. The Hall–Kier alpha value is -13.3. The minimum absolute atomic E-state index is 0.0411. The van der Waals surface area contributed by atoms with Crippen LogP contribution in [0.3, 0.4) is 0 Å². The minimum atomic E-state index is -1.08. The van der Waals surface area contributed by atoms with Crippen LogP contribution < -0.4 is 0 Å². The molecule has 0 fully saturated rings. The summed E-state index contributed by atoms with van der Waals surface area (Å²) in [7, 11) is 0. The predicted octanol–water partition coefficient (Wildman–Crippen LogP) is 39.3. The zero-order valence-electron chi connectivity index (χ0n) is 88.0. The van der Waals surface area contributed by atoms with Crippen molar-refractivity contribution in [2.75, 3.05) is 0 Å². The van der Waals surface area contributed by atoms with Gasteiger partial charge in [0.1, 0.15) is 0 Å². The average molecular weight is 1810 g/mol. The molecule has 0 amide bonds. The molecule has 1 aliphatic rings. The van der Waals surface area contributed by atoms with Crippen LogP contribution in [-0.2, 0) is 48.7 Å². The third-order valence-electron chi connectivity index (χ3n) is 29.8. The van der Waals surface area contributed by atoms with Crippen molar-refractivity contribution in [3.05, 3.63) is 441 Å². The van der Waals surface area contributed by atoms with Gasteiger partial charge in [0.15, 0.2) is 0 Å². The summed E-state index contributed by atoms with van der Waals surface area (Å²) in [6, 6.07) is 140. The molecule has 0 aromatic heterocycles. The molecule has 0 radical (unpaired) electrons. The molecular weight excluding hydrogens is 1670 g/mol. The summed E-state index contributed by atoms with van der Waals surface area (Å²) in [5.41, 5.74) is 51.4. The second-order valence-corrected chi connectivity index (χ2v) is 48.7. The molecule has 139 heavy (non-hydrogen) atoms. The van der Waals surface area contributed by atoms with Crippen molar-refractivity contribution in [1.29, 1.82) is 0 Å². The van der Waals surface area contributed by atoms with Crippen LogP contribution in [0, 0.1) is 27.7 Å². The lowest BCUT2D eigenvalue weighted by Crippen LogP contribution is -2.29. The van der Waals surface area contributed by atoms with Crippen molar-refractivity contribution >= 4 is 0 Å². The lowest BCUT2D eigenvalue weighted by atomic mass is 9.65. The first-order chi connectivity index (χ1) is 65.5. The highest BCUT2D eigenvalue weighted by Gasteiger charge is 2.49. The van der Waals surface area contributed by atoms with Gasteiger partial charge in [0.05, 0.1) is 5.41 Å². The first kappa shape index (κ1) is 96.0. The Morgan fingerprint density at radius 2 is 0.309 bits per heavy atom. The lowest BCUT2D eigenvalue weighted by Gasteiger charge is -2.36. The van der Waals surface area contributed by atoms with Crippen LogP contribution in [0.4, 0.5) is 0 Å². The van der Waals surface area contributed by atoms with E-state index in [-0.39, 0.29) is 43.3 Å². The van der Waals surface area contributed by atoms with Crippen LogP contribution in [0.5, 0.6) is 0 Å². The molecule has 0 spiro atoms. The molecule has 17 aromatic rings. The highest BCUT2D eigenvalue weighted by atomic mass is 14.5. The molecule has 0 heterocycles. The van der Waals surface area contributed by atoms with E-state index in [9.17, 15) is 0 Å². The van der Waals surface area contributed by atoms with Gasteiger partial charge in [-0.15, -0.1) is 0 Å². The van der Waals surface area contributed by atoms with Gasteiger partial charge >= 0.3 is 0 Å². The van der Waals surface area contributed by atoms with Gasteiger partial charge in [-0.2, -0.15) is 0 Å². The van der Waals surface area contributed by atoms with Crippen molar-refractivity contribution in [1.82, 2.24) is 0 Å². The molecule has 0 bridgehead atoms. The van der Waals surface area contributed by atoms with Gasteiger partial charge < -0.3 is 0 Å². The third-order valence-corrected chi connectivity index (χ3v) is 29.8. The molecular formula is C139H142. The van der Waals surface area contributed by atoms with Crippen LogP contribution in [0.2, 0.25) is 0 Å². The van der Waals surface area contributed by atoms with Gasteiger partial charge in [0.25, 0.3) is 0 Å². The Bertz CT molecular complexity index is 6440. The normalized spacial score (nSPS) is 13.1. The fraction of sp³-hybridized carbons (Fsp3) is 0.266. The molecule has 0 N–H and O–H groups in total. The average Bonchev–Trinajstić information content (AvgIpc) is 1.53. The van der Waals surface area contributed by atoms with E-state index in [1.54, 1.807) is 0 Å². The number of benzene rings is 17. The Balaban J connectivity index is 1.03. The van der Waals surface area contributed by atoms with E-state index in [2.05, 4.69) is 546 Å². The molecule has 698 valence electrons. The standard InChI is InChI=1S/C139H142/c1-87-67-89(3)128(90(4)68-87)125-32-30-34-127-130(125)129-88(2)31-29-33-126(129)139(127,123-83-111(107-73-99(91-35-51-115(52-36-91)131(5,6)7)69-100(74-107)92-37-53-116(54-38-92)132(8,9)10)81-112(84-123)108-75-101(93-39-55-117(56-40-93)133(11,12)13)70-102(76-108)94-41-57-118(58-42-94)134(14,15)16)124-85-113(109-77-103(95-43-59-119(60-44-95)135(17,18)19)71-104(78-109)96-45-61-120(62-46-96)136(20,21)22)82-114(86-124)110-79-105(97-47-63-121(64-48-97)137(23,24)25)72-106(80-110)98-49-65-122(66-50-98)138(26,27)28/h29-86H,1-28H3. The van der Waals surface area contributed by atoms with Gasteiger partial charge in [-0.3, -0.25) is 0 Å². The summed E-state index contributed by atoms with van der Waals surface area (Å²) < 4.78 is 0. The van der Waals surface area contributed by atoms with Crippen LogP contribution in [-0.4, -0.2) is 0 Å². The van der Waals surface area contributed by atoms with Crippen molar-refractivity contribution in [3.8, 4) is 156 Å².